The minimum Gasteiger partial charge on any atom is -0.426 e. The Morgan fingerprint density at radius 2 is 2.20 bits per heavy atom. The summed E-state index contributed by atoms with van der Waals surface area (Å²) < 4.78 is 5.16. The van der Waals surface area contributed by atoms with Gasteiger partial charge >= 0.3 is 0 Å². The van der Waals surface area contributed by atoms with Gasteiger partial charge in [0.1, 0.15) is 0 Å². The van der Waals surface area contributed by atoms with Gasteiger partial charge in [-0.25, -0.2) is 0 Å². The molecule has 0 unspecified atom stereocenters. The van der Waals surface area contributed by atoms with E-state index in [1.54, 1.807) is 0 Å². The first kappa shape index (κ1) is 7.25. The molecule has 1 aromatic heterocycles. The van der Waals surface area contributed by atoms with Crippen molar-refractivity contribution >= 4 is 0 Å². The van der Waals surface area contributed by atoms with Crippen molar-refractivity contribution in [3.63, 3.8) is 0 Å². The Balaban J connectivity index is 2.42. The molecule has 0 saturated carbocycles. The highest BCUT2D eigenvalue weighted by molar-refractivity contribution is 4.78. The SMILES string of the molecule is CCCCc1nnc(C)o1. The predicted octanol–water partition coefficient (Wildman–Crippen LogP) is 1.72. The Morgan fingerprint density at radius 3 is 2.70 bits per heavy atom. The van der Waals surface area contributed by atoms with Crippen molar-refractivity contribution < 1.29 is 4.42 Å². The lowest BCUT2D eigenvalue weighted by Crippen LogP contribution is -1.83. The highest BCUT2D eigenvalue weighted by atomic mass is 16.4. The van der Waals surface area contributed by atoms with Crippen LogP contribution >= 0.6 is 0 Å². The van der Waals surface area contributed by atoms with Crippen molar-refractivity contribution in [2.75, 3.05) is 0 Å². The van der Waals surface area contributed by atoms with Crippen molar-refractivity contribution in [1.29, 1.82) is 0 Å². The first-order valence-electron chi connectivity index (χ1n) is 3.62. The molecule has 3 heteroatoms. The number of hydrogen-bond donors (Lipinski definition) is 0. The Hall–Kier alpha value is -0.860. The molecule has 1 rings (SSSR count). The molecule has 0 aliphatic rings. The zero-order chi connectivity index (χ0) is 7.40. The van der Waals surface area contributed by atoms with E-state index >= 15 is 0 Å². The zero-order valence-electron chi connectivity index (χ0n) is 6.42. The van der Waals surface area contributed by atoms with E-state index in [-0.39, 0.29) is 0 Å². The van der Waals surface area contributed by atoms with Crippen molar-refractivity contribution in [3.05, 3.63) is 11.8 Å². The van der Waals surface area contributed by atoms with Crippen LogP contribution in [0.25, 0.3) is 0 Å². The lowest BCUT2D eigenvalue weighted by atomic mass is 10.2. The van der Waals surface area contributed by atoms with Gasteiger partial charge in [0.2, 0.25) is 11.8 Å². The first-order chi connectivity index (χ1) is 4.83. The van der Waals surface area contributed by atoms with Gasteiger partial charge in [-0.3, -0.25) is 0 Å². The summed E-state index contributed by atoms with van der Waals surface area (Å²) in [4.78, 5) is 0. The van der Waals surface area contributed by atoms with Gasteiger partial charge in [-0.05, 0) is 6.42 Å². The van der Waals surface area contributed by atoms with Crippen molar-refractivity contribution in [3.8, 4) is 0 Å². The van der Waals surface area contributed by atoms with Crippen LogP contribution < -0.4 is 0 Å². The van der Waals surface area contributed by atoms with Crippen LogP contribution in [0.2, 0.25) is 0 Å². The number of rotatable bonds is 3. The van der Waals surface area contributed by atoms with Crippen LogP contribution in [0.1, 0.15) is 31.5 Å². The van der Waals surface area contributed by atoms with Gasteiger partial charge in [-0.1, -0.05) is 13.3 Å². The molecule has 0 amide bonds. The predicted molar refractivity (Wildman–Crippen MR) is 37.6 cm³/mol. The average molecular weight is 140 g/mol. The van der Waals surface area contributed by atoms with E-state index in [9.17, 15) is 0 Å². The largest absolute Gasteiger partial charge is 0.426 e. The third-order valence-electron chi connectivity index (χ3n) is 1.31. The second kappa shape index (κ2) is 3.34. The summed E-state index contributed by atoms with van der Waals surface area (Å²) in [5, 5.41) is 7.59. The molecule has 0 spiro atoms. The van der Waals surface area contributed by atoms with Crippen LogP contribution in [-0.2, 0) is 6.42 Å². The minimum absolute atomic E-state index is 0.658. The maximum Gasteiger partial charge on any atom is 0.216 e. The third-order valence-corrected chi connectivity index (χ3v) is 1.31. The highest BCUT2D eigenvalue weighted by Gasteiger charge is 1.99. The van der Waals surface area contributed by atoms with E-state index in [1.165, 1.54) is 6.42 Å². The Kier molecular flexibility index (Phi) is 2.42. The number of nitrogens with zero attached hydrogens (tertiary/aromatic N) is 2. The van der Waals surface area contributed by atoms with Crippen molar-refractivity contribution in [1.82, 2.24) is 10.2 Å². The topological polar surface area (TPSA) is 38.9 Å². The molecule has 0 bridgehead atoms. The Bertz CT molecular complexity index is 195. The van der Waals surface area contributed by atoms with Gasteiger partial charge in [-0.2, -0.15) is 0 Å². The van der Waals surface area contributed by atoms with Crippen LogP contribution in [0.4, 0.5) is 0 Å². The maximum atomic E-state index is 5.16. The van der Waals surface area contributed by atoms with Crippen molar-refractivity contribution in [2.45, 2.75) is 33.1 Å². The number of aryl methyl sites for hydroxylation is 2. The monoisotopic (exact) mass is 140 g/mol. The van der Waals surface area contributed by atoms with Gasteiger partial charge in [0.25, 0.3) is 0 Å². The molecular formula is C7H12N2O. The van der Waals surface area contributed by atoms with E-state index in [1.807, 2.05) is 6.92 Å². The van der Waals surface area contributed by atoms with Gasteiger partial charge in [0, 0.05) is 13.3 Å². The molecule has 0 aliphatic carbocycles. The van der Waals surface area contributed by atoms with E-state index in [2.05, 4.69) is 17.1 Å². The average Bonchev–Trinajstić information content (AvgIpc) is 2.31. The molecule has 3 nitrogen and oxygen atoms in total. The normalized spacial score (nSPS) is 10.2. The molecule has 56 valence electrons. The lowest BCUT2D eigenvalue weighted by molar-refractivity contribution is 0.460. The number of aromatic nitrogens is 2. The van der Waals surface area contributed by atoms with E-state index in [0.29, 0.717) is 5.89 Å². The van der Waals surface area contributed by atoms with Gasteiger partial charge < -0.3 is 4.42 Å². The standard InChI is InChI=1S/C7H12N2O/c1-3-4-5-7-9-8-6(2)10-7/h3-5H2,1-2H3. The van der Waals surface area contributed by atoms with E-state index in [4.69, 9.17) is 4.42 Å². The molecule has 0 aliphatic heterocycles. The molecule has 0 saturated heterocycles. The molecule has 0 radical (unpaired) electrons. The van der Waals surface area contributed by atoms with Gasteiger partial charge in [0.15, 0.2) is 0 Å². The fraction of sp³-hybridized carbons (Fsp3) is 0.714. The maximum absolute atomic E-state index is 5.16. The molecule has 1 aromatic rings. The van der Waals surface area contributed by atoms with Crippen LogP contribution in [0.5, 0.6) is 0 Å². The first-order valence-corrected chi connectivity index (χ1v) is 3.62. The summed E-state index contributed by atoms with van der Waals surface area (Å²) in [7, 11) is 0. The third kappa shape index (κ3) is 1.83. The number of unbranched alkanes of at least 4 members (excludes halogenated alkanes) is 1. The summed E-state index contributed by atoms with van der Waals surface area (Å²) in [6, 6.07) is 0. The zero-order valence-corrected chi connectivity index (χ0v) is 6.42. The Morgan fingerprint density at radius 1 is 1.40 bits per heavy atom. The summed E-state index contributed by atoms with van der Waals surface area (Å²) in [5.41, 5.74) is 0. The highest BCUT2D eigenvalue weighted by Crippen LogP contribution is 2.02. The van der Waals surface area contributed by atoms with Crippen LogP contribution in [0, 0.1) is 6.92 Å². The molecule has 0 fully saturated rings. The fourth-order valence-electron chi connectivity index (χ4n) is 0.767. The molecule has 0 aromatic carbocycles. The van der Waals surface area contributed by atoms with Crippen molar-refractivity contribution in [2.24, 2.45) is 0 Å². The van der Waals surface area contributed by atoms with Crippen LogP contribution in [0.15, 0.2) is 4.42 Å². The summed E-state index contributed by atoms with van der Waals surface area (Å²) >= 11 is 0. The summed E-state index contributed by atoms with van der Waals surface area (Å²) in [6.45, 7) is 3.95. The summed E-state index contributed by atoms with van der Waals surface area (Å²) in [5.74, 6) is 1.42. The minimum atomic E-state index is 0.658. The molecule has 0 N–H and O–H groups in total. The quantitative estimate of drug-likeness (QED) is 0.641. The molecular weight excluding hydrogens is 128 g/mol. The van der Waals surface area contributed by atoms with Gasteiger partial charge in [0.05, 0.1) is 0 Å². The smallest absolute Gasteiger partial charge is 0.216 e. The Labute approximate surface area is 60.5 Å². The molecule has 1 heterocycles. The van der Waals surface area contributed by atoms with Crippen LogP contribution in [0.3, 0.4) is 0 Å². The van der Waals surface area contributed by atoms with Crippen LogP contribution in [-0.4, -0.2) is 10.2 Å². The molecule has 0 atom stereocenters. The number of hydrogen-bond acceptors (Lipinski definition) is 3. The fourth-order valence-corrected chi connectivity index (χ4v) is 0.767. The lowest BCUT2D eigenvalue weighted by Gasteiger charge is -1.88. The summed E-state index contributed by atoms with van der Waals surface area (Å²) in [6.07, 6.45) is 3.21. The van der Waals surface area contributed by atoms with E-state index in [0.717, 1.165) is 18.7 Å². The van der Waals surface area contributed by atoms with E-state index < -0.39 is 0 Å². The second-order valence-corrected chi connectivity index (χ2v) is 2.32. The van der Waals surface area contributed by atoms with Gasteiger partial charge in [-0.15, -0.1) is 10.2 Å². The second-order valence-electron chi connectivity index (χ2n) is 2.32. The molecule has 10 heavy (non-hydrogen) atoms.